The molecule has 0 fully saturated rings. The van der Waals surface area contributed by atoms with Crippen molar-refractivity contribution < 1.29 is 10.0 Å². The third kappa shape index (κ3) is 2.35. The normalized spacial score (nSPS) is 10.0. The highest BCUT2D eigenvalue weighted by Crippen LogP contribution is 2.31. The average molecular weight is 211 g/mol. The van der Waals surface area contributed by atoms with Crippen LogP contribution in [0, 0.1) is 17.0 Å². The monoisotopic (exact) mass is 211 g/mol. The Morgan fingerprint density at radius 1 is 1.60 bits per heavy atom. The number of benzene rings is 1. The molecule has 82 valence electrons. The van der Waals surface area contributed by atoms with Crippen LogP contribution in [0.25, 0.3) is 0 Å². The highest BCUT2D eigenvalue weighted by Gasteiger charge is 2.16. The predicted octanol–water partition coefficient (Wildman–Crippen LogP) is 0.890. The first-order valence-corrected chi connectivity index (χ1v) is 4.46. The lowest BCUT2D eigenvalue weighted by atomic mass is 10.1. The summed E-state index contributed by atoms with van der Waals surface area (Å²) < 4.78 is 0. The van der Waals surface area contributed by atoms with Gasteiger partial charge in [0.05, 0.1) is 17.2 Å². The van der Waals surface area contributed by atoms with Crippen LogP contribution in [0.4, 0.5) is 17.1 Å². The van der Waals surface area contributed by atoms with E-state index in [-0.39, 0.29) is 18.0 Å². The Hall–Kier alpha value is -1.82. The van der Waals surface area contributed by atoms with Gasteiger partial charge < -0.3 is 16.2 Å². The van der Waals surface area contributed by atoms with Gasteiger partial charge in [-0.2, -0.15) is 0 Å². The summed E-state index contributed by atoms with van der Waals surface area (Å²) in [6.07, 6.45) is 0. The van der Waals surface area contributed by atoms with Gasteiger partial charge in [0, 0.05) is 12.6 Å². The van der Waals surface area contributed by atoms with Crippen molar-refractivity contribution in [1.82, 2.24) is 0 Å². The maximum absolute atomic E-state index is 10.6. The van der Waals surface area contributed by atoms with Gasteiger partial charge in [0.2, 0.25) is 0 Å². The van der Waals surface area contributed by atoms with Crippen LogP contribution in [0.2, 0.25) is 0 Å². The summed E-state index contributed by atoms with van der Waals surface area (Å²) in [5.74, 6) is 0. The van der Waals surface area contributed by atoms with Gasteiger partial charge in [-0.1, -0.05) is 6.07 Å². The highest BCUT2D eigenvalue weighted by molar-refractivity contribution is 5.78. The number of hydrogen-bond donors (Lipinski definition) is 3. The number of nitrogens with zero attached hydrogens (tertiary/aromatic N) is 1. The van der Waals surface area contributed by atoms with E-state index in [1.54, 1.807) is 13.0 Å². The first-order valence-electron chi connectivity index (χ1n) is 4.46. The molecule has 1 aromatic carbocycles. The molecule has 6 heteroatoms. The molecule has 0 amide bonds. The molecule has 0 heterocycles. The van der Waals surface area contributed by atoms with Gasteiger partial charge in [-0.3, -0.25) is 10.1 Å². The van der Waals surface area contributed by atoms with Gasteiger partial charge in [0.25, 0.3) is 5.69 Å². The number of nitrogens with two attached hydrogens (primary N) is 1. The zero-order chi connectivity index (χ0) is 11.4. The van der Waals surface area contributed by atoms with Crippen molar-refractivity contribution in [2.75, 3.05) is 24.2 Å². The lowest BCUT2D eigenvalue weighted by Crippen LogP contribution is -2.10. The standard InChI is InChI=1S/C9H13N3O3/c1-6-2-3-7(12(14)15)8(10)9(6)11-4-5-13/h2-3,11,13H,4-5,10H2,1H3. The average Bonchev–Trinajstić information content (AvgIpc) is 2.17. The number of nitrogen functional groups attached to an aromatic ring is 1. The van der Waals surface area contributed by atoms with E-state index in [1.165, 1.54) is 6.07 Å². The van der Waals surface area contributed by atoms with Crippen LogP contribution in [-0.2, 0) is 0 Å². The molecule has 0 bridgehead atoms. The minimum Gasteiger partial charge on any atom is -0.395 e. The molecule has 0 aliphatic heterocycles. The second kappa shape index (κ2) is 4.61. The van der Waals surface area contributed by atoms with Crippen LogP contribution in [0.15, 0.2) is 12.1 Å². The second-order valence-electron chi connectivity index (χ2n) is 3.10. The van der Waals surface area contributed by atoms with E-state index in [0.29, 0.717) is 12.2 Å². The lowest BCUT2D eigenvalue weighted by Gasteiger charge is -2.11. The Labute approximate surface area is 86.9 Å². The maximum Gasteiger partial charge on any atom is 0.294 e. The van der Waals surface area contributed by atoms with Crippen LogP contribution in [-0.4, -0.2) is 23.2 Å². The SMILES string of the molecule is Cc1ccc([N+](=O)[O-])c(N)c1NCCO. The Morgan fingerprint density at radius 2 is 2.27 bits per heavy atom. The Balaban J connectivity index is 3.12. The van der Waals surface area contributed by atoms with Gasteiger partial charge in [-0.25, -0.2) is 0 Å². The number of nitro benzene ring substituents is 1. The molecule has 0 unspecified atom stereocenters. The lowest BCUT2D eigenvalue weighted by molar-refractivity contribution is -0.383. The molecule has 1 rings (SSSR count). The van der Waals surface area contributed by atoms with Crippen LogP contribution in [0.3, 0.4) is 0 Å². The molecule has 0 atom stereocenters. The molecule has 0 spiro atoms. The van der Waals surface area contributed by atoms with Gasteiger partial charge in [-0.15, -0.1) is 0 Å². The summed E-state index contributed by atoms with van der Waals surface area (Å²) >= 11 is 0. The first kappa shape index (κ1) is 11.3. The first-order chi connectivity index (χ1) is 7.07. The summed E-state index contributed by atoms with van der Waals surface area (Å²) in [6.45, 7) is 2.05. The number of nitrogens with one attached hydrogen (secondary N) is 1. The van der Waals surface area contributed by atoms with Crippen LogP contribution < -0.4 is 11.1 Å². The van der Waals surface area contributed by atoms with Crippen LogP contribution in [0.1, 0.15) is 5.56 Å². The molecular weight excluding hydrogens is 198 g/mol. The number of aliphatic hydroxyl groups is 1. The van der Waals surface area contributed by atoms with Crippen molar-refractivity contribution in [2.45, 2.75) is 6.92 Å². The number of nitro groups is 1. The van der Waals surface area contributed by atoms with Crippen molar-refractivity contribution >= 4 is 17.1 Å². The van der Waals surface area contributed by atoms with Crippen LogP contribution in [0.5, 0.6) is 0 Å². The fraction of sp³-hybridized carbons (Fsp3) is 0.333. The van der Waals surface area contributed by atoms with Gasteiger partial charge >= 0.3 is 0 Å². The quantitative estimate of drug-likeness (QED) is 0.390. The molecule has 0 saturated heterocycles. The minimum atomic E-state index is -0.529. The fourth-order valence-corrected chi connectivity index (χ4v) is 1.29. The van der Waals surface area contributed by atoms with Crippen LogP contribution >= 0.6 is 0 Å². The zero-order valence-electron chi connectivity index (χ0n) is 8.36. The smallest absolute Gasteiger partial charge is 0.294 e. The Bertz CT molecular complexity index is 379. The number of aryl methyl sites for hydroxylation is 1. The molecule has 0 radical (unpaired) electrons. The van der Waals surface area contributed by atoms with Gasteiger partial charge in [0.15, 0.2) is 0 Å². The van der Waals surface area contributed by atoms with Crippen molar-refractivity contribution in [3.05, 3.63) is 27.8 Å². The predicted molar refractivity (Wildman–Crippen MR) is 57.8 cm³/mol. The number of hydrogen-bond acceptors (Lipinski definition) is 5. The summed E-state index contributed by atoms with van der Waals surface area (Å²) in [6, 6.07) is 2.99. The van der Waals surface area contributed by atoms with E-state index < -0.39 is 4.92 Å². The van der Waals surface area contributed by atoms with Gasteiger partial charge in [0.1, 0.15) is 5.69 Å². The number of rotatable bonds is 4. The summed E-state index contributed by atoms with van der Waals surface area (Å²) in [5, 5.41) is 22.1. The van der Waals surface area contributed by atoms with E-state index in [1.807, 2.05) is 0 Å². The van der Waals surface area contributed by atoms with E-state index in [4.69, 9.17) is 10.8 Å². The van der Waals surface area contributed by atoms with Crippen molar-refractivity contribution in [1.29, 1.82) is 0 Å². The third-order valence-electron chi connectivity index (χ3n) is 2.04. The zero-order valence-corrected chi connectivity index (χ0v) is 8.36. The topological polar surface area (TPSA) is 101 Å². The molecular formula is C9H13N3O3. The number of anilines is 2. The molecule has 0 saturated carbocycles. The molecule has 0 aromatic heterocycles. The van der Waals surface area contributed by atoms with Crippen molar-refractivity contribution in [3.63, 3.8) is 0 Å². The highest BCUT2D eigenvalue weighted by atomic mass is 16.6. The summed E-state index contributed by atoms with van der Waals surface area (Å²) in [7, 11) is 0. The van der Waals surface area contributed by atoms with Crippen molar-refractivity contribution in [3.8, 4) is 0 Å². The maximum atomic E-state index is 10.6. The molecule has 6 nitrogen and oxygen atoms in total. The Morgan fingerprint density at radius 3 is 2.80 bits per heavy atom. The second-order valence-corrected chi connectivity index (χ2v) is 3.10. The molecule has 15 heavy (non-hydrogen) atoms. The van der Waals surface area contributed by atoms with E-state index in [2.05, 4.69) is 5.32 Å². The van der Waals surface area contributed by atoms with Crippen molar-refractivity contribution in [2.24, 2.45) is 0 Å². The van der Waals surface area contributed by atoms with E-state index in [0.717, 1.165) is 5.56 Å². The molecule has 4 N–H and O–H groups in total. The largest absolute Gasteiger partial charge is 0.395 e. The minimum absolute atomic E-state index is 0.0540. The van der Waals surface area contributed by atoms with Gasteiger partial charge in [-0.05, 0) is 12.5 Å². The molecule has 0 aliphatic carbocycles. The van der Waals surface area contributed by atoms with E-state index >= 15 is 0 Å². The third-order valence-corrected chi connectivity index (χ3v) is 2.04. The molecule has 1 aromatic rings. The summed E-state index contributed by atoms with van der Waals surface area (Å²) in [5.41, 5.74) is 6.94. The van der Waals surface area contributed by atoms with E-state index in [9.17, 15) is 10.1 Å². The number of aliphatic hydroxyl groups excluding tert-OH is 1. The fourth-order valence-electron chi connectivity index (χ4n) is 1.29. The molecule has 0 aliphatic rings. The Kier molecular flexibility index (Phi) is 3.46. The summed E-state index contributed by atoms with van der Waals surface area (Å²) in [4.78, 5) is 10.1.